The zero-order valence-corrected chi connectivity index (χ0v) is 19.5. The van der Waals surface area contributed by atoms with Crippen molar-refractivity contribution in [1.29, 1.82) is 0 Å². The van der Waals surface area contributed by atoms with Crippen molar-refractivity contribution in [3.63, 3.8) is 0 Å². The standard InChI is InChI=1S/C22H36N4.HI/c1-5-15-26-16-13-20(14-17-26)25-21(23-4)24-18-22(6-2,7-3)19-11-9-8-10-12-19;/h5,8-12,20H,1,6-7,13-18H2,2-4H3,(H2,23,24,25);1H. The topological polar surface area (TPSA) is 39.7 Å². The normalized spacial score (nSPS) is 16.5. The molecule has 0 aromatic heterocycles. The highest BCUT2D eigenvalue weighted by Crippen LogP contribution is 2.30. The first-order valence-electron chi connectivity index (χ1n) is 10.0. The lowest BCUT2D eigenvalue weighted by molar-refractivity contribution is 0.225. The van der Waals surface area contributed by atoms with Gasteiger partial charge in [0.2, 0.25) is 0 Å². The van der Waals surface area contributed by atoms with E-state index in [0.717, 1.165) is 57.8 Å². The van der Waals surface area contributed by atoms with Gasteiger partial charge in [-0.15, -0.1) is 30.6 Å². The summed E-state index contributed by atoms with van der Waals surface area (Å²) in [5.74, 6) is 0.925. The van der Waals surface area contributed by atoms with Gasteiger partial charge >= 0.3 is 0 Å². The maximum atomic E-state index is 4.47. The molecule has 1 aromatic rings. The molecule has 0 aliphatic carbocycles. The smallest absolute Gasteiger partial charge is 0.191 e. The number of nitrogens with zero attached hydrogens (tertiary/aromatic N) is 2. The molecule has 1 heterocycles. The lowest BCUT2D eigenvalue weighted by Crippen LogP contribution is -2.51. The molecule has 2 N–H and O–H groups in total. The minimum Gasteiger partial charge on any atom is -0.356 e. The molecule has 1 aliphatic heterocycles. The van der Waals surface area contributed by atoms with Crippen LogP contribution in [0.1, 0.15) is 45.1 Å². The number of rotatable bonds is 8. The van der Waals surface area contributed by atoms with E-state index in [1.165, 1.54) is 5.56 Å². The predicted octanol–water partition coefficient (Wildman–Crippen LogP) is 4.18. The van der Waals surface area contributed by atoms with E-state index in [1.807, 2.05) is 13.1 Å². The van der Waals surface area contributed by atoms with Crippen LogP contribution in [0.5, 0.6) is 0 Å². The molecule has 5 heteroatoms. The average molecular weight is 484 g/mol. The van der Waals surface area contributed by atoms with E-state index in [0.29, 0.717) is 6.04 Å². The number of benzene rings is 1. The minimum atomic E-state index is 0. The summed E-state index contributed by atoms with van der Waals surface area (Å²) >= 11 is 0. The fourth-order valence-corrected chi connectivity index (χ4v) is 3.89. The van der Waals surface area contributed by atoms with Crippen molar-refractivity contribution in [2.24, 2.45) is 4.99 Å². The van der Waals surface area contributed by atoms with E-state index in [4.69, 9.17) is 0 Å². The van der Waals surface area contributed by atoms with Crippen molar-refractivity contribution in [3.8, 4) is 0 Å². The molecule has 0 unspecified atom stereocenters. The number of guanidine groups is 1. The fourth-order valence-electron chi connectivity index (χ4n) is 3.89. The van der Waals surface area contributed by atoms with Gasteiger partial charge in [-0.3, -0.25) is 9.89 Å². The third kappa shape index (κ3) is 6.79. The van der Waals surface area contributed by atoms with E-state index in [-0.39, 0.29) is 29.4 Å². The van der Waals surface area contributed by atoms with E-state index < -0.39 is 0 Å². The Balaban J connectivity index is 0.00000364. The lowest BCUT2D eigenvalue weighted by Gasteiger charge is -2.35. The molecule has 1 saturated heterocycles. The first-order valence-corrected chi connectivity index (χ1v) is 10.0. The Kier molecular flexibility index (Phi) is 11.0. The van der Waals surface area contributed by atoms with Gasteiger partial charge in [0.25, 0.3) is 0 Å². The van der Waals surface area contributed by atoms with E-state index in [9.17, 15) is 0 Å². The number of nitrogens with one attached hydrogen (secondary N) is 2. The van der Waals surface area contributed by atoms with Crippen LogP contribution < -0.4 is 10.6 Å². The molecule has 1 aromatic carbocycles. The van der Waals surface area contributed by atoms with Crippen LogP contribution in [0.4, 0.5) is 0 Å². The Labute approximate surface area is 182 Å². The summed E-state index contributed by atoms with van der Waals surface area (Å²) in [5, 5.41) is 7.23. The maximum Gasteiger partial charge on any atom is 0.191 e. The molecular formula is C22H37IN4. The average Bonchev–Trinajstić information content (AvgIpc) is 2.70. The van der Waals surface area contributed by atoms with Gasteiger partial charge in [-0.1, -0.05) is 50.3 Å². The number of hydrogen-bond donors (Lipinski definition) is 2. The Morgan fingerprint density at radius 2 is 1.85 bits per heavy atom. The molecule has 2 rings (SSSR count). The molecular weight excluding hydrogens is 447 g/mol. The molecule has 0 bridgehead atoms. The predicted molar refractivity (Wildman–Crippen MR) is 128 cm³/mol. The Morgan fingerprint density at radius 3 is 2.37 bits per heavy atom. The van der Waals surface area contributed by atoms with Gasteiger partial charge in [-0.2, -0.15) is 0 Å². The first kappa shape index (κ1) is 24.0. The zero-order valence-electron chi connectivity index (χ0n) is 17.2. The van der Waals surface area contributed by atoms with Crippen LogP contribution >= 0.6 is 24.0 Å². The summed E-state index contributed by atoms with van der Waals surface area (Å²) in [5.41, 5.74) is 1.55. The molecule has 152 valence electrons. The molecule has 0 spiro atoms. The summed E-state index contributed by atoms with van der Waals surface area (Å²) < 4.78 is 0. The van der Waals surface area contributed by atoms with Crippen molar-refractivity contribution in [3.05, 3.63) is 48.6 Å². The van der Waals surface area contributed by atoms with Crippen LogP contribution in [-0.4, -0.2) is 50.1 Å². The van der Waals surface area contributed by atoms with Crippen LogP contribution in [0.2, 0.25) is 0 Å². The molecule has 0 saturated carbocycles. The molecule has 0 amide bonds. The summed E-state index contributed by atoms with van der Waals surface area (Å²) in [7, 11) is 1.87. The van der Waals surface area contributed by atoms with Gasteiger partial charge in [0.05, 0.1) is 0 Å². The van der Waals surface area contributed by atoms with Crippen LogP contribution in [-0.2, 0) is 5.41 Å². The van der Waals surface area contributed by atoms with E-state index >= 15 is 0 Å². The highest BCUT2D eigenvalue weighted by atomic mass is 127. The Hall–Kier alpha value is -1.08. The van der Waals surface area contributed by atoms with Gasteiger partial charge in [0.15, 0.2) is 5.96 Å². The van der Waals surface area contributed by atoms with Crippen molar-refractivity contribution in [2.75, 3.05) is 33.2 Å². The number of piperidine rings is 1. The third-order valence-electron chi connectivity index (χ3n) is 5.87. The second-order valence-electron chi connectivity index (χ2n) is 7.29. The Morgan fingerprint density at radius 1 is 1.22 bits per heavy atom. The summed E-state index contributed by atoms with van der Waals surface area (Å²) in [4.78, 5) is 6.92. The van der Waals surface area contributed by atoms with Gasteiger partial charge in [0, 0.05) is 44.7 Å². The number of hydrogen-bond acceptors (Lipinski definition) is 2. The highest BCUT2D eigenvalue weighted by Gasteiger charge is 2.29. The highest BCUT2D eigenvalue weighted by molar-refractivity contribution is 14.0. The first-order chi connectivity index (χ1) is 12.7. The zero-order chi connectivity index (χ0) is 18.8. The largest absolute Gasteiger partial charge is 0.356 e. The van der Waals surface area contributed by atoms with Gasteiger partial charge < -0.3 is 10.6 Å². The van der Waals surface area contributed by atoms with Crippen molar-refractivity contribution >= 4 is 29.9 Å². The molecule has 1 aliphatic rings. The second kappa shape index (κ2) is 12.4. The van der Waals surface area contributed by atoms with Crippen LogP contribution in [0, 0.1) is 0 Å². The van der Waals surface area contributed by atoms with Crippen molar-refractivity contribution in [2.45, 2.75) is 51.0 Å². The summed E-state index contributed by atoms with van der Waals surface area (Å²) in [6.07, 6.45) is 6.52. The minimum absolute atomic E-state index is 0. The van der Waals surface area contributed by atoms with E-state index in [2.05, 4.69) is 71.3 Å². The fraction of sp³-hybridized carbons (Fsp3) is 0.591. The van der Waals surface area contributed by atoms with Gasteiger partial charge in [-0.25, -0.2) is 0 Å². The molecule has 0 atom stereocenters. The van der Waals surface area contributed by atoms with Crippen LogP contribution in [0.25, 0.3) is 0 Å². The SMILES string of the molecule is C=CCN1CCC(NC(=NC)NCC(CC)(CC)c2ccccc2)CC1.I. The monoisotopic (exact) mass is 484 g/mol. The maximum absolute atomic E-state index is 4.47. The summed E-state index contributed by atoms with van der Waals surface area (Å²) in [6, 6.07) is 11.4. The van der Waals surface area contributed by atoms with Gasteiger partial charge in [0.1, 0.15) is 0 Å². The van der Waals surface area contributed by atoms with Crippen LogP contribution in [0.3, 0.4) is 0 Å². The number of likely N-dealkylation sites (tertiary alicyclic amines) is 1. The molecule has 1 fully saturated rings. The van der Waals surface area contributed by atoms with Gasteiger partial charge in [-0.05, 0) is 31.2 Å². The Bertz CT molecular complexity index is 561. The van der Waals surface area contributed by atoms with E-state index in [1.54, 1.807) is 0 Å². The molecule has 27 heavy (non-hydrogen) atoms. The van der Waals surface area contributed by atoms with Crippen LogP contribution in [0.15, 0.2) is 48.0 Å². The number of halogens is 1. The second-order valence-corrected chi connectivity index (χ2v) is 7.29. The quantitative estimate of drug-likeness (QED) is 0.252. The van der Waals surface area contributed by atoms with Crippen molar-refractivity contribution in [1.82, 2.24) is 15.5 Å². The molecule has 4 nitrogen and oxygen atoms in total. The molecule has 0 radical (unpaired) electrons. The van der Waals surface area contributed by atoms with Crippen molar-refractivity contribution < 1.29 is 0 Å². The number of aliphatic imine (C=N–C) groups is 1. The summed E-state index contributed by atoms with van der Waals surface area (Å²) in [6.45, 7) is 12.5. The lowest BCUT2D eigenvalue weighted by atomic mass is 9.76. The third-order valence-corrected chi connectivity index (χ3v) is 5.87.